The third kappa shape index (κ3) is 2.70. The second-order valence-corrected chi connectivity index (χ2v) is 5.69. The van der Waals surface area contributed by atoms with Gasteiger partial charge in [0.15, 0.2) is 0 Å². The van der Waals surface area contributed by atoms with E-state index in [1.54, 1.807) is 0 Å². The van der Waals surface area contributed by atoms with Crippen LogP contribution in [-0.2, 0) is 0 Å². The molecule has 1 fully saturated rings. The summed E-state index contributed by atoms with van der Waals surface area (Å²) in [6.07, 6.45) is 4.68. The van der Waals surface area contributed by atoms with Gasteiger partial charge < -0.3 is 5.11 Å². The number of nitriles is 1. The minimum atomic E-state index is -0.833. The highest BCUT2D eigenvalue weighted by Gasteiger charge is 2.38. The van der Waals surface area contributed by atoms with Crippen LogP contribution in [0.5, 0.6) is 0 Å². The largest absolute Gasteiger partial charge is 0.388 e. The molecule has 1 aromatic carbocycles. The van der Waals surface area contributed by atoms with Crippen molar-refractivity contribution in [2.24, 2.45) is 0 Å². The summed E-state index contributed by atoms with van der Waals surface area (Å²) in [6, 6.07) is 9.97. The molecule has 0 saturated heterocycles. The average molecular weight is 294 g/mol. The second-order valence-electron chi connectivity index (χ2n) is 4.78. The minimum absolute atomic E-state index is 0.407. The topological polar surface area (TPSA) is 44.0 Å². The average Bonchev–Trinajstić information content (AvgIpc) is 2.33. The van der Waals surface area contributed by atoms with E-state index in [2.05, 4.69) is 22.0 Å². The molecule has 1 N–H and O–H groups in total. The smallest absolute Gasteiger partial charge is 0.0999 e. The van der Waals surface area contributed by atoms with Gasteiger partial charge in [0.1, 0.15) is 0 Å². The van der Waals surface area contributed by atoms with Crippen LogP contribution in [0.3, 0.4) is 0 Å². The van der Waals surface area contributed by atoms with Gasteiger partial charge in [-0.1, -0.05) is 47.3 Å². The van der Waals surface area contributed by atoms with Gasteiger partial charge in [-0.3, -0.25) is 0 Å². The fourth-order valence-electron chi connectivity index (χ4n) is 2.61. The van der Waals surface area contributed by atoms with Gasteiger partial charge in [0.25, 0.3) is 0 Å². The lowest BCUT2D eigenvalue weighted by molar-refractivity contribution is -0.00714. The monoisotopic (exact) mass is 293 g/mol. The maximum Gasteiger partial charge on any atom is 0.0999 e. The molecule has 0 bridgehead atoms. The molecule has 2 rings (SSSR count). The molecule has 2 nitrogen and oxygen atoms in total. The standard InChI is InChI=1S/C14H16BrNO/c15-12-6-4-11(5-7-12)13(10-16)14(17)8-2-1-3-9-14/h4-7,13,17H,1-3,8-9H2. The van der Waals surface area contributed by atoms with Crippen molar-refractivity contribution in [1.29, 1.82) is 5.26 Å². The van der Waals surface area contributed by atoms with Crippen molar-refractivity contribution in [1.82, 2.24) is 0 Å². The molecule has 1 aliphatic rings. The highest BCUT2D eigenvalue weighted by molar-refractivity contribution is 9.10. The predicted molar refractivity (Wildman–Crippen MR) is 70.5 cm³/mol. The molecule has 0 radical (unpaired) electrons. The van der Waals surface area contributed by atoms with E-state index in [0.717, 1.165) is 35.7 Å². The van der Waals surface area contributed by atoms with E-state index < -0.39 is 11.5 Å². The number of benzene rings is 1. The van der Waals surface area contributed by atoms with Crippen LogP contribution < -0.4 is 0 Å². The second kappa shape index (κ2) is 5.20. The van der Waals surface area contributed by atoms with E-state index >= 15 is 0 Å². The predicted octanol–water partition coefficient (Wildman–Crippen LogP) is 3.75. The summed E-state index contributed by atoms with van der Waals surface area (Å²) < 4.78 is 0.994. The quantitative estimate of drug-likeness (QED) is 0.902. The molecular weight excluding hydrogens is 278 g/mol. The number of aliphatic hydroxyl groups is 1. The van der Waals surface area contributed by atoms with E-state index in [4.69, 9.17) is 0 Å². The van der Waals surface area contributed by atoms with Crippen molar-refractivity contribution < 1.29 is 5.11 Å². The van der Waals surface area contributed by atoms with Crippen molar-refractivity contribution >= 4 is 15.9 Å². The Labute approximate surface area is 110 Å². The molecule has 1 aromatic rings. The van der Waals surface area contributed by atoms with Gasteiger partial charge in [-0.15, -0.1) is 0 Å². The highest BCUT2D eigenvalue weighted by Crippen LogP contribution is 2.39. The third-order valence-electron chi connectivity index (χ3n) is 3.59. The van der Waals surface area contributed by atoms with Crippen molar-refractivity contribution in [3.63, 3.8) is 0 Å². The molecule has 0 heterocycles. The van der Waals surface area contributed by atoms with Gasteiger partial charge in [-0.05, 0) is 30.5 Å². The van der Waals surface area contributed by atoms with Crippen molar-refractivity contribution in [3.05, 3.63) is 34.3 Å². The van der Waals surface area contributed by atoms with Crippen LogP contribution in [0.15, 0.2) is 28.7 Å². The summed E-state index contributed by atoms with van der Waals surface area (Å²) in [5, 5.41) is 20.0. The zero-order chi connectivity index (χ0) is 12.3. The first-order valence-electron chi connectivity index (χ1n) is 6.03. The molecule has 1 saturated carbocycles. The van der Waals surface area contributed by atoms with Crippen LogP contribution in [0.2, 0.25) is 0 Å². The summed E-state index contributed by atoms with van der Waals surface area (Å²) in [5.41, 5.74) is 0.0842. The number of halogens is 1. The fraction of sp³-hybridized carbons (Fsp3) is 0.500. The molecule has 0 aromatic heterocycles. The Hall–Kier alpha value is -0.850. The first kappa shape index (κ1) is 12.6. The molecule has 0 amide bonds. The molecule has 17 heavy (non-hydrogen) atoms. The number of rotatable bonds is 2. The number of nitrogens with zero attached hydrogens (tertiary/aromatic N) is 1. The van der Waals surface area contributed by atoms with Crippen molar-refractivity contribution in [2.45, 2.75) is 43.6 Å². The van der Waals surface area contributed by atoms with Crippen LogP contribution in [0.25, 0.3) is 0 Å². The normalized spacial score (nSPS) is 20.5. The molecule has 0 spiro atoms. The number of hydrogen-bond acceptors (Lipinski definition) is 2. The first-order chi connectivity index (χ1) is 8.15. The maximum atomic E-state index is 10.6. The van der Waals surface area contributed by atoms with Crippen molar-refractivity contribution in [3.8, 4) is 6.07 Å². The SMILES string of the molecule is N#CC(c1ccc(Br)cc1)C1(O)CCCCC1. The van der Waals surface area contributed by atoms with Gasteiger partial charge >= 0.3 is 0 Å². The molecule has 1 atom stereocenters. The molecule has 1 unspecified atom stereocenters. The van der Waals surface area contributed by atoms with E-state index in [1.807, 2.05) is 24.3 Å². The first-order valence-corrected chi connectivity index (χ1v) is 6.82. The zero-order valence-corrected chi connectivity index (χ0v) is 11.3. The number of hydrogen-bond donors (Lipinski definition) is 1. The lowest BCUT2D eigenvalue weighted by atomic mass is 9.73. The van der Waals surface area contributed by atoms with E-state index in [1.165, 1.54) is 6.42 Å². The van der Waals surface area contributed by atoms with Gasteiger partial charge in [-0.25, -0.2) is 0 Å². The maximum absolute atomic E-state index is 10.6. The summed E-state index contributed by atoms with van der Waals surface area (Å²) >= 11 is 3.38. The lowest BCUT2D eigenvalue weighted by Gasteiger charge is -2.36. The van der Waals surface area contributed by atoms with Crippen LogP contribution in [-0.4, -0.2) is 10.7 Å². The highest BCUT2D eigenvalue weighted by atomic mass is 79.9. The summed E-state index contributed by atoms with van der Waals surface area (Å²) in [5.74, 6) is -0.407. The van der Waals surface area contributed by atoms with Crippen LogP contribution in [0.1, 0.15) is 43.6 Å². The minimum Gasteiger partial charge on any atom is -0.388 e. The Morgan fingerprint density at radius 3 is 2.29 bits per heavy atom. The molecule has 90 valence electrons. The zero-order valence-electron chi connectivity index (χ0n) is 9.69. The molecule has 0 aliphatic heterocycles. The van der Waals surface area contributed by atoms with E-state index in [-0.39, 0.29) is 0 Å². The Kier molecular flexibility index (Phi) is 3.86. The molecule has 1 aliphatic carbocycles. The Balaban J connectivity index is 2.27. The van der Waals surface area contributed by atoms with Crippen LogP contribution >= 0.6 is 15.9 Å². The van der Waals surface area contributed by atoms with Gasteiger partial charge in [-0.2, -0.15) is 5.26 Å². The van der Waals surface area contributed by atoms with Crippen molar-refractivity contribution in [2.75, 3.05) is 0 Å². The Morgan fingerprint density at radius 2 is 1.76 bits per heavy atom. The van der Waals surface area contributed by atoms with Gasteiger partial charge in [0, 0.05) is 4.47 Å². The fourth-order valence-corrected chi connectivity index (χ4v) is 2.88. The Morgan fingerprint density at radius 1 is 1.18 bits per heavy atom. The third-order valence-corrected chi connectivity index (χ3v) is 4.12. The Bertz CT molecular complexity index is 415. The summed E-state index contributed by atoms with van der Waals surface area (Å²) in [6.45, 7) is 0. The lowest BCUT2D eigenvalue weighted by Crippen LogP contribution is -2.37. The molecular formula is C14H16BrNO. The van der Waals surface area contributed by atoms with Gasteiger partial charge in [0.2, 0.25) is 0 Å². The van der Waals surface area contributed by atoms with Crippen LogP contribution in [0, 0.1) is 11.3 Å². The molecule has 3 heteroatoms. The van der Waals surface area contributed by atoms with E-state index in [0.29, 0.717) is 0 Å². The van der Waals surface area contributed by atoms with E-state index in [9.17, 15) is 10.4 Å². The van der Waals surface area contributed by atoms with Gasteiger partial charge in [0.05, 0.1) is 17.6 Å². The summed E-state index contributed by atoms with van der Waals surface area (Å²) in [7, 11) is 0. The van der Waals surface area contributed by atoms with Crippen LogP contribution in [0.4, 0.5) is 0 Å². The summed E-state index contributed by atoms with van der Waals surface area (Å²) in [4.78, 5) is 0.